The van der Waals surface area contributed by atoms with Crippen LogP contribution in [0.15, 0.2) is 34.7 Å². The molecule has 0 aliphatic rings. The van der Waals surface area contributed by atoms with Crippen LogP contribution in [0.3, 0.4) is 0 Å². The van der Waals surface area contributed by atoms with Gasteiger partial charge in [0.05, 0.1) is 6.21 Å². The van der Waals surface area contributed by atoms with E-state index in [0.29, 0.717) is 16.0 Å². The van der Waals surface area contributed by atoms with Crippen LogP contribution in [-0.4, -0.2) is 11.2 Å². The lowest BCUT2D eigenvalue weighted by Crippen LogP contribution is -1.91. The number of hydrazone groups is 1. The molecule has 0 atom stereocenters. The van der Waals surface area contributed by atoms with Crippen molar-refractivity contribution in [3.63, 3.8) is 0 Å². The van der Waals surface area contributed by atoms with Crippen LogP contribution in [0.2, 0.25) is 5.02 Å². The van der Waals surface area contributed by atoms with Gasteiger partial charge >= 0.3 is 0 Å². The number of hydrogen-bond acceptors (Lipinski definition) is 5. The van der Waals surface area contributed by atoms with Gasteiger partial charge in [-0.05, 0) is 17.7 Å². The van der Waals surface area contributed by atoms with Gasteiger partial charge < -0.3 is 5.73 Å². The molecule has 0 aliphatic carbocycles. The molecule has 0 saturated heterocycles. The van der Waals surface area contributed by atoms with Gasteiger partial charge in [-0.3, -0.25) is 5.43 Å². The van der Waals surface area contributed by atoms with Crippen molar-refractivity contribution >= 4 is 40.1 Å². The fraction of sp³-hybridized carbons (Fsp3) is 0. The first-order valence-electron chi connectivity index (χ1n) is 4.50. The normalized spacial score (nSPS) is 10.8. The number of nitrogen functional groups attached to an aromatic ring is 1. The Kier molecular flexibility index (Phi) is 3.38. The number of halogens is 1. The summed E-state index contributed by atoms with van der Waals surface area (Å²) in [7, 11) is 0. The van der Waals surface area contributed by atoms with Crippen LogP contribution in [0, 0.1) is 0 Å². The van der Waals surface area contributed by atoms with E-state index in [4.69, 9.17) is 17.3 Å². The minimum Gasteiger partial charge on any atom is -0.383 e. The maximum atomic E-state index is 5.84. The summed E-state index contributed by atoms with van der Waals surface area (Å²) in [5.74, 6) is 0.491. The van der Waals surface area contributed by atoms with Crippen LogP contribution in [-0.2, 0) is 0 Å². The second kappa shape index (κ2) is 4.96. The minimum atomic E-state index is 0.491. The van der Waals surface area contributed by atoms with Crippen LogP contribution in [0.5, 0.6) is 0 Å². The van der Waals surface area contributed by atoms with Crippen molar-refractivity contribution in [1.29, 1.82) is 0 Å². The lowest BCUT2D eigenvalue weighted by Gasteiger charge is -1.94. The van der Waals surface area contributed by atoms with Crippen molar-refractivity contribution in [3.05, 3.63) is 40.2 Å². The third kappa shape index (κ3) is 2.95. The number of nitrogens with zero attached hydrogens (tertiary/aromatic N) is 2. The molecule has 1 aromatic carbocycles. The lowest BCUT2D eigenvalue weighted by atomic mass is 10.2. The molecule has 4 nitrogen and oxygen atoms in total. The maximum Gasteiger partial charge on any atom is 0.205 e. The van der Waals surface area contributed by atoms with Crippen molar-refractivity contribution in [2.75, 3.05) is 11.2 Å². The molecule has 3 N–H and O–H groups in total. The summed E-state index contributed by atoms with van der Waals surface area (Å²) in [5, 5.41) is 7.12. The molecule has 0 radical (unpaired) electrons. The van der Waals surface area contributed by atoms with E-state index in [9.17, 15) is 0 Å². The molecule has 0 spiro atoms. The Labute approximate surface area is 102 Å². The summed E-state index contributed by atoms with van der Waals surface area (Å²) in [6, 6.07) is 7.41. The van der Waals surface area contributed by atoms with E-state index in [1.165, 1.54) is 11.3 Å². The van der Waals surface area contributed by atoms with E-state index >= 15 is 0 Å². The van der Waals surface area contributed by atoms with Gasteiger partial charge in [-0.15, -0.1) is 11.3 Å². The Morgan fingerprint density at radius 1 is 1.50 bits per heavy atom. The monoisotopic (exact) mass is 252 g/mol. The average Bonchev–Trinajstić information content (AvgIpc) is 2.64. The highest BCUT2D eigenvalue weighted by atomic mass is 35.5. The molecule has 0 aliphatic heterocycles. The molecule has 16 heavy (non-hydrogen) atoms. The number of benzene rings is 1. The van der Waals surface area contributed by atoms with Crippen molar-refractivity contribution in [3.8, 4) is 0 Å². The summed E-state index contributed by atoms with van der Waals surface area (Å²) < 4.78 is 0. The standard InChI is InChI=1S/C10H9ClN4S/c11-8-3-1-2-7(4-8)5-13-15-10-14-9(12)6-16-10/h1-6H,12H2,(H,14,15). The van der Waals surface area contributed by atoms with Crippen LogP contribution in [0.25, 0.3) is 0 Å². The number of nitrogens with one attached hydrogen (secondary N) is 1. The number of aromatic nitrogens is 1. The SMILES string of the molecule is Nc1csc(NN=Cc2cccc(Cl)c2)n1. The second-order valence-electron chi connectivity index (χ2n) is 3.00. The molecule has 6 heteroatoms. The third-order valence-electron chi connectivity index (χ3n) is 1.74. The molecule has 0 unspecified atom stereocenters. The molecule has 0 amide bonds. The van der Waals surface area contributed by atoms with Gasteiger partial charge in [0, 0.05) is 10.4 Å². The van der Waals surface area contributed by atoms with Crippen molar-refractivity contribution in [1.82, 2.24) is 4.98 Å². The van der Waals surface area contributed by atoms with Crippen LogP contribution in [0.1, 0.15) is 5.56 Å². The van der Waals surface area contributed by atoms with Crippen LogP contribution in [0.4, 0.5) is 10.9 Å². The summed E-state index contributed by atoms with van der Waals surface area (Å²) in [6.45, 7) is 0. The highest BCUT2D eigenvalue weighted by Gasteiger charge is 1.95. The number of rotatable bonds is 3. The molecular weight excluding hydrogens is 244 g/mol. The van der Waals surface area contributed by atoms with E-state index < -0.39 is 0 Å². The summed E-state index contributed by atoms with van der Waals surface area (Å²) in [6.07, 6.45) is 1.67. The van der Waals surface area contributed by atoms with Crippen LogP contribution < -0.4 is 11.2 Å². The minimum absolute atomic E-state index is 0.491. The number of thiazole rings is 1. The Balaban J connectivity index is 2.00. The molecule has 0 saturated carbocycles. The number of hydrogen-bond donors (Lipinski definition) is 2. The first kappa shape index (κ1) is 10.9. The van der Waals surface area contributed by atoms with Gasteiger partial charge in [-0.2, -0.15) is 5.10 Å². The number of nitrogens with two attached hydrogens (primary N) is 1. The summed E-state index contributed by atoms with van der Waals surface area (Å²) >= 11 is 7.24. The molecule has 0 bridgehead atoms. The molecule has 1 aromatic heterocycles. The van der Waals surface area contributed by atoms with Gasteiger partial charge in [0.25, 0.3) is 0 Å². The summed E-state index contributed by atoms with van der Waals surface area (Å²) in [5.41, 5.74) is 9.18. The molecule has 1 heterocycles. The Morgan fingerprint density at radius 3 is 3.06 bits per heavy atom. The van der Waals surface area contributed by atoms with Gasteiger partial charge in [0.2, 0.25) is 5.13 Å². The van der Waals surface area contributed by atoms with Gasteiger partial charge in [-0.1, -0.05) is 23.7 Å². The van der Waals surface area contributed by atoms with Crippen molar-refractivity contribution in [2.45, 2.75) is 0 Å². The van der Waals surface area contributed by atoms with Gasteiger partial charge in [-0.25, -0.2) is 4.98 Å². The Bertz CT molecular complexity index is 509. The maximum absolute atomic E-state index is 5.84. The first-order chi connectivity index (χ1) is 7.74. The molecule has 2 aromatic rings. The molecule has 82 valence electrons. The van der Waals surface area contributed by atoms with E-state index in [1.807, 2.05) is 24.3 Å². The van der Waals surface area contributed by atoms with E-state index in [-0.39, 0.29) is 0 Å². The zero-order valence-electron chi connectivity index (χ0n) is 8.22. The molecule has 0 fully saturated rings. The highest BCUT2D eigenvalue weighted by Crippen LogP contribution is 2.16. The predicted octanol–water partition coefficient (Wildman–Crippen LogP) is 2.82. The van der Waals surface area contributed by atoms with Crippen molar-refractivity contribution < 1.29 is 0 Å². The number of anilines is 2. The average molecular weight is 253 g/mol. The van der Waals surface area contributed by atoms with Crippen LogP contribution >= 0.6 is 22.9 Å². The van der Waals surface area contributed by atoms with Gasteiger partial charge in [0.15, 0.2) is 0 Å². The molecule has 2 rings (SSSR count). The van der Waals surface area contributed by atoms with Crippen molar-refractivity contribution in [2.24, 2.45) is 5.10 Å². The van der Waals surface area contributed by atoms with E-state index in [1.54, 1.807) is 11.6 Å². The first-order valence-corrected chi connectivity index (χ1v) is 5.75. The second-order valence-corrected chi connectivity index (χ2v) is 4.30. The zero-order valence-corrected chi connectivity index (χ0v) is 9.79. The third-order valence-corrected chi connectivity index (χ3v) is 2.74. The Hall–Kier alpha value is -1.59. The zero-order chi connectivity index (χ0) is 11.4. The Morgan fingerprint density at radius 2 is 2.38 bits per heavy atom. The smallest absolute Gasteiger partial charge is 0.205 e. The largest absolute Gasteiger partial charge is 0.383 e. The molecular formula is C10H9ClN4S. The fourth-order valence-corrected chi connectivity index (χ4v) is 1.83. The van der Waals surface area contributed by atoms with Gasteiger partial charge in [0.1, 0.15) is 5.82 Å². The quantitative estimate of drug-likeness (QED) is 0.652. The van der Waals surface area contributed by atoms with E-state index in [0.717, 1.165) is 5.56 Å². The van der Waals surface area contributed by atoms with E-state index in [2.05, 4.69) is 15.5 Å². The topological polar surface area (TPSA) is 63.3 Å². The summed E-state index contributed by atoms with van der Waals surface area (Å²) in [4.78, 5) is 4.00. The lowest BCUT2D eigenvalue weighted by molar-refractivity contribution is 1.29. The highest BCUT2D eigenvalue weighted by molar-refractivity contribution is 7.14. The fourth-order valence-electron chi connectivity index (χ4n) is 1.09. The predicted molar refractivity (Wildman–Crippen MR) is 69.2 cm³/mol.